The second-order valence-corrected chi connectivity index (χ2v) is 6.63. The number of nitrogens with one attached hydrogen (secondary N) is 1. The van der Waals surface area contributed by atoms with Crippen LogP contribution in [0.2, 0.25) is 0 Å². The summed E-state index contributed by atoms with van der Waals surface area (Å²) in [6.45, 7) is 2.94. The lowest BCUT2D eigenvalue weighted by molar-refractivity contribution is -0.121. The molecule has 2 aliphatic rings. The van der Waals surface area contributed by atoms with E-state index in [2.05, 4.69) is 15.2 Å². The number of benzene rings is 1. The van der Waals surface area contributed by atoms with Gasteiger partial charge in [0.05, 0.1) is 30.8 Å². The van der Waals surface area contributed by atoms with E-state index in [-0.39, 0.29) is 30.6 Å². The number of anilines is 3. The molecule has 2 aromatic rings. The van der Waals surface area contributed by atoms with E-state index in [0.29, 0.717) is 30.2 Å². The van der Waals surface area contributed by atoms with E-state index in [1.807, 2.05) is 6.07 Å². The Balaban J connectivity index is 1.45. The Hall–Kier alpha value is -3.26. The molecule has 2 aliphatic heterocycles. The minimum atomic E-state index is -0.332. The summed E-state index contributed by atoms with van der Waals surface area (Å²) in [7, 11) is 0. The minimum Gasteiger partial charge on any atom is -0.378 e. The van der Waals surface area contributed by atoms with Crippen LogP contribution >= 0.6 is 0 Å². The molecule has 0 radical (unpaired) electrons. The highest BCUT2D eigenvalue weighted by Gasteiger charge is 2.30. The average Bonchev–Trinajstić information content (AvgIpc) is 3.07. The molecule has 2 saturated heterocycles. The fourth-order valence-corrected chi connectivity index (χ4v) is 3.29. The van der Waals surface area contributed by atoms with Crippen molar-refractivity contribution in [3.8, 4) is 0 Å². The topological polar surface area (TPSA) is 91.8 Å². The second kappa shape index (κ2) is 7.77. The third kappa shape index (κ3) is 3.72. The summed E-state index contributed by atoms with van der Waals surface area (Å²) in [6, 6.07) is 10.1. The van der Waals surface area contributed by atoms with Gasteiger partial charge in [-0.2, -0.15) is 0 Å². The quantitative estimate of drug-likeness (QED) is 0.814. The molecule has 1 aromatic heterocycles. The molecule has 8 nitrogen and oxygen atoms in total. The molecule has 0 bridgehead atoms. The van der Waals surface area contributed by atoms with Gasteiger partial charge in [0.2, 0.25) is 11.8 Å². The fraction of sp³-hybridized carbons (Fsp3) is 0.300. The van der Waals surface area contributed by atoms with Gasteiger partial charge in [0.25, 0.3) is 5.91 Å². The molecular weight excluding hydrogens is 360 g/mol. The van der Waals surface area contributed by atoms with Crippen molar-refractivity contribution in [3.63, 3.8) is 0 Å². The number of carbonyl (C=O) groups excluding carboxylic acids is 3. The number of nitrogens with zero attached hydrogens (tertiary/aromatic N) is 3. The predicted molar refractivity (Wildman–Crippen MR) is 103 cm³/mol. The Morgan fingerprint density at radius 3 is 2.46 bits per heavy atom. The molecule has 0 spiro atoms. The van der Waals surface area contributed by atoms with Crippen LogP contribution < -0.4 is 15.1 Å². The van der Waals surface area contributed by atoms with Crippen molar-refractivity contribution in [2.45, 2.75) is 12.8 Å². The van der Waals surface area contributed by atoms with Gasteiger partial charge < -0.3 is 15.0 Å². The number of amides is 3. The first-order valence-corrected chi connectivity index (χ1v) is 9.18. The number of morpholine rings is 1. The van der Waals surface area contributed by atoms with Crippen molar-refractivity contribution < 1.29 is 19.1 Å². The van der Waals surface area contributed by atoms with Crippen LogP contribution in [-0.4, -0.2) is 49.0 Å². The monoisotopic (exact) mass is 380 g/mol. The Morgan fingerprint density at radius 1 is 1.04 bits per heavy atom. The zero-order valence-corrected chi connectivity index (χ0v) is 15.3. The maximum absolute atomic E-state index is 12.6. The fourth-order valence-electron chi connectivity index (χ4n) is 3.29. The molecule has 1 N–H and O–H groups in total. The molecule has 144 valence electrons. The van der Waals surface area contributed by atoms with Crippen LogP contribution in [0.15, 0.2) is 42.6 Å². The van der Waals surface area contributed by atoms with E-state index in [1.165, 1.54) is 0 Å². The molecule has 0 saturated carbocycles. The SMILES string of the molecule is O=C(Nc1ccc(N2CCOCC2)nc1)c1cccc(N2C(=O)CCC2=O)c1. The zero-order chi connectivity index (χ0) is 19.5. The smallest absolute Gasteiger partial charge is 0.255 e. The molecule has 8 heteroatoms. The van der Waals surface area contributed by atoms with Gasteiger partial charge in [-0.1, -0.05) is 6.07 Å². The van der Waals surface area contributed by atoms with Gasteiger partial charge >= 0.3 is 0 Å². The maximum Gasteiger partial charge on any atom is 0.255 e. The van der Waals surface area contributed by atoms with Crippen molar-refractivity contribution in [3.05, 3.63) is 48.2 Å². The number of imide groups is 1. The summed E-state index contributed by atoms with van der Waals surface area (Å²) in [4.78, 5) is 44.1. The normalized spacial score (nSPS) is 17.1. The van der Waals surface area contributed by atoms with E-state index < -0.39 is 0 Å². The van der Waals surface area contributed by atoms with E-state index in [1.54, 1.807) is 36.5 Å². The maximum atomic E-state index is 12.6. The van der Waals surface area contributed by atoms with Gasteiger partial charge in [-0.3, -0.25) is 19.3 Å². The van der Waals surface area contributed by atoms with E-state index in [9.17, 15) is 14.4 Å². The molecule has 0 aliphatic carbocycles. The van der Waals surface area contributed by atoms with Gasteiger partial charge in [0, 0.05) is 31.5 Å². The van der Waals surface area contributed by atoms with Crippen LogP contribution in [0.4, 0.5) is 17.2 Å². The molecule has 28 heavy (non-hydrogen) atoms. The summed E-state index contributed by atoms with van der Waals surface area (Å²) in [5.41, 5.74) is 1.35. The standard InChI is InChI=1S/C20H20N4O4/c25-18-6-7-19(26)24(18)16-3-1-2-14(12-16)20(27)22-15-4-5-17(21-13-15)23-8-10-28-11-9-23/h1-5,12-13H,6-11H2,(H,22,27). The number of hydrogen-bond donors (Lipinski definition) is 1. The predicted octanol–water partition coefficient (Wildman–Crippen LogP) is 1.82. The Morgan fingerprint density at radius 2 is 1.79 bits per heavy atom. The molecular formula is C20H20N4O4. The van der Waals surface area contributed by atoms with Gasteiger partial charge in [-0.05, 0) is 30.3 Å². The van der Waals surface area contributed by atoms with E-state index in [4.69, 9.17) is 4.74 Å². The largest absolute Gasteiger partial charge is 0.378 e. The highest BCUT2D eigenvalue weighted by molar-refractivity contribution is 6.20. The lowest BCUT2D eigenvalue weighted by Crippen LogP contribution is -2.36. The molecule has 3 amide bonds. The lowest BCUT2D eigenvalue weighted by Gasteiger charge is -2.27. The highest BCUT2D eigenvalue weighted by Crippen LogP contribution is 2.24. The summed E-state index contributed by atoms with van der Waals surface area (Å²) >= 11 is 0. The van der Waals surface area contributed by atoms with E-state index >= 15 is 0 Å². The van der Waals surface area contributed by atoms with Crippen molar-refractivity contribution in [1.29, 1.82) is 0 Å². The van der Waals surface area contributed by atoms with Crippen molar-refractivity contribution in [1.82, 2.24) is 4.98 Å². The number of carbonyl (C=O) groups is 3. The Kier molecular flexibility index (Phi) is 5.03. The first kappa shape index (κ1) is 18.1. The van der Waals surface area contributed by atoms with Gasteiger partial charge in [0.1, 0.15) is 5.82 Å². The molecule has 2 fully saturated rings. The third-order valence-electron chi connectivity index (χ3n) is 4.76. The first-order valence-electron chi connectivity index (χ1n) is 9.18. The molecule has 0 unspecified atom stereocenters. The van der Waals surface area contributed by atoms with Crippen LogP contribution in [0.5, 0.6) is 0 Å². The van der Waals surface area contributed by atoms with Crippen molar-refractivity contribution in [2.75, 3.05) is 41.4 Å². The number of pyridine rings is 1. The molecule has 1 aromatic carbocycles. The Labute approximate surface area is 162 Å². The molecule has 4 rings (SSSR count). The summed E-state index contributed by atoms with van der Waals surface area (Å²) in [6.07, 6.45) is 2.02. The number of hydrogen-bond acceptors (Lipinski definition) is 6. The molecule has 0 atom stereocenters. The Bertz CT molecular complexity index is 891. The van der Waals surface area contributed by atoms with Crippen LogP contribution in [0.1, 0.15) is 23.2 Å². The van der Waals surface area contributed by atoms with Crippen molar-refractivity contribution >= 4 is 34.9 Å². The number of aromatic nitrogens is 1. The van der Waals surface area contributed by atoms with E-state index in [0.717, 1.165) is 23.8 Å². The summed E-state index contributed by atoms with van der Waals surface area (Å²) in [5.74, 6) is 0.0205. The highest BCUT2D eigenvalue weighted by atomic mass is 16.5. The van der Waals surface area contributed by atoms with Gasteiger partial charge in [0.15, 0.2) is 0 Å². The first-order chi connectivity index (χ1) is 13.6. The van der Waals surface area contributed by atoms with Crippen LogP contribution in [-0.2, 0) is 14.3 Å². The molecule has 3 heterocycles. The minimum absolute atomic E-state index is 0.205. The zero-order valence-electron chi connectivity index (χ0n) is 15.3. The second-order valence-electron chi connectivity index (χ2n) is 6.63. The average molecular weight is 380 g/mol. The van der Waals surface area contributed by atoms with Crippen LogP contribution in [0.25, 0.3) is 0 Å². The number of rotatable bonds is 4. The lowest BCUT2D eigenvalue weighted by atomic mass is 10.1. The van der Waals surface area contributed by atoms with Crippen LogP contribution in [0.3, 0.4) is 0 Å². The number of ether oxygens (including phenoxy) is 1. The summed E-state index contributed by atoms with van der Waals surface area (Å²) in [5, 5.41) is 2.80. The van der Waals surface area contributed by atoms with Crippen molar-refractivity contribution in [2.24, 2.45) is 0 Å². The van der Waals surface area contributed by atoms with Gasteiger partial charge in [-0.15, -0.1) is 0 Å². The van der Waals surface area contributed by atoms with Gasteiger partial charge in [-0.25, -0.2) is 4.98 Å². The summed E-state index contributed by atoms with van der Waals surface area (Å²) < 4.78 is 5.33. The third-order valence-corrected chi connectivity index (χ3v) is 4.76. The van der Waals surface area contributed by atoms with Crippen LogP contribution in [0, 0.1) is 0 Å².